The van der Waals surface area contributed by atoms with Gasteiger partial charge in [0.05, 0.1) is 18.1 Å². The average Bonchev–Trinajstić information content (AvgIpc) is 2.79. The summed E-state index contributed by atoms with van der Waals surface area (Å²) in [6.07, 6.45) is 0.638. The van der Waals surface area contributed by atoms with Gasteiger partial charge in [0.1, 0.15) is 11.9 Å². The van der Waals surface area contributed by atoms with E-state index in [0.717, 1.165) is 17.7 Å². The maximum absolute atomic E-state index is 13.2. The van der Waals surface area contributed by atoms with Crippen LogP contribution in [0.5, 0.6) is 5.75 Å². The second-order valence-corrected chi connectivity index (χ2v) is 10.6. The zero-order valence-electron chi connectivity index (χ0n) is 17.5. The predicted molar refractivity (Wildman–Crippen MR) is 120 cm³/mol. The Kier molecular flexibility index (Phi) is 6.48. The van der Waals surface area contributed by atoms with E-state index in [9.17, 15) is 13.2 Å². The minimum Gasteiger partial charge on any atom is -0.489 e. The van der Waals surface area contributed by atoms with Gasteiger partial charge >= 0.3 is 6.03 Å². The van der Waals surface area contributed by atoms with Crippen molar-refractivity contribution in [2.75, 3.05) is 37.7 Å². The number of nitrogens with zero attached hydrogens (tertiary/aromatic N) is 2. The molecule has 8 heteroatoms. The second-order valence-electron chi connectivity index (χ2n) is 8.26. The summed E-state index contributed by atoms with van der Waals surface area (Å²) in [7, 11) is -3.04. The van der Waals surface area contributed by atoms with Crippen LogP contribution in [0.2, 0.25) is 0 Å². The zero-order valence-corrected chi connectivity index (χ0v) is 18.3. The van der Waals surface area contributed by atoms with Gasteiger partial charge in [0.15, 0.2) is 9.84 Å². The molecule has 2 N–H and O–H groups in total. The number of rotatable bonds is 4. The molecule has 0 spiro atoms. The van der Waals surface area contributed by atoms with Crippen LogP contribution in [0, 0.1) is 0 Å². The molecule has 4 rings (SSSR count). The summed E-state index contributed by atoms with van der Waals surface area (Å²) in [6.45, 7) is 2.00. The van der Waals surface area contributed by atoms with E-state index < -0.39 is 9.84 Å². The van der Waals surface area contributed by atoms with E-state index in [1.54, 1.807) is 4.90 Å². The van der Waals surface area contributed by atoms with Crippen LogP contribution in [0.1, 0.15) is 23.5 Å². The molecule has 0 bridgehead atoms. The summed E-state index contributed by atoms with van der Waals surface area (Å²) in [4.78, 5) is 16.7. The molecule has 2 aromatic carbocycles. The van der Waals surface area contributed by atoms with Crippen molar-refractivity contribution in [2.24, 2.45) is 5.73 Å². The number of likely N-dealkylation sites (tertiary alicyclic amines) is 1. The van der Waals surface area contributed by atoms with Gasteiger partial charge in [0.25, 0.3) is 0 Å². The van der Waals surface area contributed by atoms with Gasteiger partial charge in [0.2, 0.25) is 0 Å². The third-order valence-electron chi connectivity index (χ3n) is 6.01. The fourth-order valence-electron chi connectivity index (χ4n) is 4.30. The molecular formula is C23H29N3O4S. The minimum absolute atomic E-state index is 0.0283. The number of piperidine rings is 1. The summed E-state index contributed by atoms with van der Waals surface area (Å²) >= 11 is 0. The first-order valence-corrected chi connectivity index (χ1v) is 12.5. The fourth-order valence-corrected chi connectivity index (χ4v) is 5.50. The first-order valence-electron chi connectivity index (χ1n) is 10.7. The summed E-state index contributed by atoms with van der Waals surface area (Å²) in [6, 6.07) is 17.8. The lowest BCUT2D eigenvalue weighted by Gasteiger charge is -2.41. The summed E-state index contributed by atoms with van der Waals surface area (Å²) in [5.41, 5.74) is 7.92. The van der Waals surface area contributed by atoms with Gasteiger partial charge in [-0.05, 0) is 29.7 Å². The van der Waals surface area contributed by atoms with E-state index in [0.29, 0.717) is 19.6 Å². The summed E-state index contributed by atoms with van der Waals surface area (Å²) in [5.74, 6) is 0.953. The van der Waals surface area contributed by atoms with E-state index in [-0.39, 0.29) is 42.6 Å². The van der Waals surface area contributed by atoms with Crippen molar-refractivity contribution < 1.29 is 17.9 Å². The van der Waals surface area contributed by atoms with E-state index in [4.69, 9.17) is 10.5 Å². The van der Waals surface area contributed by atoms with Crippen molar-refractivity contribution in [1.82, 2.24) is 9.80 Å². The number of carbonyl (C=O) groups is 1. The highest BCUT2D eigenvalue weighted by molar-refractivity contribution is 7.91. The second kappa shape index (κ2) is 9.28. The highest BCUT2D eigenvalue weighted by Crippen LogP contribution is 2.30. The highest BCUT2D eigenvalue weighted by Gasteiger charge is 2.35. The van der Waals surface area contributed by atoms with Crippen molar-refractivity contribution >= 4 is 15.9 Å². The molecule has 2 saturated heterocycles. The van der Waals surface area contributed by atoms with Crippen molar-refractivity contribution in [3.8, 4) is 5.75 Å². The highest BCUT2D eigenvalue weighted by atomic mass is 32.2. The van der Waals surface area contributed by atoms with Crippen LogP contribution in [0.3, 0.4) is 0 Å². The van der Waals surface area contributed by atoms with Crippen LogP contribution in [0.25, 0.3) is 0 Å². The summed E-state index contributed by atoms with van der Waals surface area (Å²) in [5, 5.41) is 0. The quantitative estimate of drug-likeness (QED) is 0.782. The molecule has 0 saturated carbocycles. The Morgan fingerprint density at radius 1 is 1.00 bits per heavy atom. The Bertz CT molecular complexity index is 998. The first-order chi connectivity index (χ1) is 14.9. The van der Waals surface area contributed by atoms with E-state index in [2.05, 4.69) is 12.1 Å². The van der Waals surface area contributed by atoms with Crippen molar-refractivity contribution in [3.05, 3.63) is 65.7 Å². The maximum Gasteiger partial charge on any atom is 0.320 e. The normalized spacial score (nSPS) is 23.4. The molecule has 0 aromatic heterocycles. The zero-order chi connectivity index (χ0) is 21.8. The van der Waals surface area contributed by atoms with Crippen molar-refractivity contribution in [2.45, 2.75) is 25.0 Å². The number of amides is 2. The molecule has 2 fully saturated rings. The number of nitrogens with two attached hydrogens (primary N) is 1. The number of hydrogen-bond acceptors (Lipinski definition) is 5. The lowest BCUT2D eigenvalue weighted by molar-refractivity contribution is 0.0762. The third-order valence-corrected chi connectivity index (χ3v) is 7.61. The number of benzene rings is 2. The molecule has 166 valence electrons. The Morgan fingerprint density at radius 3 is 2.45 bits per heavy atom. The number of sulfone groups is 1. The van der Waals surface area contributed by atoms with Gasteiger partial charge < -0.3 is 20.3 Å². The van der Waals surface area contributed by atoms with E-state index >= 15 is 0 Å². The average molecular weight is 444 g/mol. The van der Waals surface area contributed by atoms with Crippen LogP contribution in [-0.4, -0.2) is 68.0 Å². The van der Waals surface area contributed by atoms with E-state index in [1.807, 2.05) is 47.4 Å². The molecule has 0 aliphatic carbocycles. The fraction of sp³-hybridized carbons (Fsp3) is 0.435. The molecular weight excluding hydrogens is 414 g/mol. The van der Waals surface area contributed by atoms with Crippen molar-refractivity contribution in [1.29, 1.82) is 0 Å². The number of urea groups is 1. The molecule has 2 aromatic rings. The number of carbonyl (C=O) groups excluding carboxylic acids is 1. The SMILES string of the molecule is NCc1cccc(O[C@H]2C[C@@H](c3ccccc3)CN(C(=O)N3CCS(=O)(=O)CC3)C2)c1. The Labute approximate surface area is 183 Å². The number of hydrogen-bond donors (Lipinski definition) is 1. The molecule has 31 heavy (non-hydrogen) atoms. The number of ether oxygens (including phenoxy) is 1. The summed E-state index contributed by atoms with van der Waals surface area (Å²) < 4.78 is 29.8. The molecule has 2 heterocycles. The van der Waals surface area contributed by atoms with Crippen LogP contribution < -0.4 is 10.5 Å². The maximum atomic E-state index is 13.2. The third kappa shape index (κ3) is 5.37. The van der Waals surface area contributed by atoms with Crippen LogP contribution >= 0.6 is 0 Å². The smallest absolute Gasteiger partial charge is 0.320 e. The molecule has 2 atom stereocenters. The largest absolute Gasteiger partial charge is 0.489 e. The van der Waals surface area contributed by atoms with Gasteiger partial charge in [-0.25, -0.2) is 13.2 Å². The lowest BCUT2D eigenvalue weighted by atomic mass is 9.89. The predicted octanol–water partition coefficient (Wildman–Crippen LogP) is 2.23. The van der Waals surface area contributed by atoms with Gasteiger partial charge in [-0.1, -0.05) is 42.5 Å². The topological polar surface area (TPSA) is 92.9 Å². The molecule has 7 nitrogen and oxygen atoms in total. The van der Waals surface area contributed by atoms with Crippen LogP contribution in [-0.2, 0) is 16.4 Å². The molecule has 0 radical (unpaired) electrons. The minimum atomic E-state index is -3.04. The van der Waals surface area contributed by atoms with E-state index in [1.165, 1.54) is 5.56 Å². The van der Waals surface area contributed by atoms with Crippen LogP contribution in [0.4, 0.5) is 4.79 Å². The van der Waals surface area contributed by atoms with Gasteiger partial charge in [-0.3, -0.25) is 0 Å². The first kappa shape index (κ1) is 21.6. The Balaban J connectivity index is 1.52. The molecule has 2 aliphatic rings. The Morgan fingerprint density at radius 2 is 1.74 bits per heavy atom. The lowest BCUT2D eigenvalue weighted by Crippen LogP contribution is -2.55. The molecule has 2 amide bonds. The van der Waals surface area contributed by atoms with Gasteiger partial charge in [-0.2, -0.15) is 0 Å². The van der Waals surface area contributed by atoms with Crippen molar-refractivity contribution in [3.63, 3.8) is 0 Å². The van der Waals surface area contributed by atoms with Gasteiger partial charge in [0, 0.05) is 32.1 Å². The molecule has 0 unspecified atom stereocenters. The van der Waals surface area contributed by atoms with Crippen LogP contribution in [0.15, 0.2) is 54.6 Å². The monoisotopic (exact) mass is 443 g/mol. The van der Waals surface area contributed by atoms with Gasteiger partial charge in [-0.15, -0.1) is 0 Å². The Hall–Kier alpha value is -2.58. The molecule has 2 aliphatic heterocycles. The standard InChI is InChI=1S/C23H29N3O4S/c24-15-18-5-4-8-21(13-18)30-22-14-20(19-6-2-1-3-7-19)16-26(17-22)23(27)25-9-11-31(28,29)12-10-25/h1-8,13,20,22H,9-12,14-17,24H2/t20-,22+/m1/s1.